The first kappa shape index (κ1) is 17.8. The van der Waals surface area contributed by atoms with E-state index < -0.39 is 0 Å². The summed E-state index contributed by atoms with van der Waals surface area (Å²) in [5, 5.41) is 0. The molecule has 0 aliphatic carbocycles. The van der Waals surface area contributed by atoms with Crippen LogP contribution in [-0.2, 0) is 9.59 Å². The molecule has 1 aromatic rings. The minimum Gasteiger partial charge on any atom is -0.342 e. The number of carbonyl (C=O) groups excluding carboxylic acids is 4. The van der Waals surface area contributed by atoms with Crippen LogP contribution >= 0.6 is 0 Å². The molecular formula is C17H21N5O4. The zero-order chi connectivity index (χ0) is 18.5. The quantitative estimate of drug-likeness (QED) is 0.637. The summed E-state index contributed by atoms with van der Waals surface area (Å²) in [5.41, 5.74) is 0.636. The van der Waals surface area contributed by atoms with Crippen LogP contribution in [0.2, 0.25) is 0 Å². The molecule has 2 fully saturated rings. The Hall–Kier alpha value is -2.97. The van der Waals surface area contributed by atoms with E-state index in [1.54, 1.807) is 25.7 Å². The topological polar surface area (TPSA) is 94.1 Å². The van der Waals surface area contributed by atoms with Crippen LogP contribution in [0.1, 0.15) is 20.8 Å². The first-order valence-electron chi connectivity index (χ1n) is 8.55. The molecule has 0 aromatic carbocycles. The molecule has 2 aliphatic heterocycles. The normalized spacial score (nSPS) is 17.8. The second-order valence-electron chi connectivity index (χ2n) is 6.30. The van der Waals surface area contributed by atoms with Crippen LogP contribution < -0.4 is 0 Å². The molecule has 26 heavy (non-hydrogen) atoms. The summed E-state index contributed by atoms with van der Waals surface area (Å²) in [5.74, 6) is -0.409. The molecule has 0 N–H and O–H groups in total. The average Bonchev–Trinajstić information content (AvgIpc) is 2.73. The highest BCUT2D eigenvalue weighted by atomic mass is 16.2. The van der Waals surface area contributed by atoms with Gasteiger partial charge in [0.25, 0.3) is 11.8 Å². The number of hydrogen-bond acceptors (Lipinski definition) is 5. The van der Waals surface area contributed by atoms with Gasteiger partial charge < -0.3 is 19.6 Å². The van der Waals surface area contributed by atoms with E-state index in [0.717, 1.165) is 12.8 Å². The molecule has 1 aromatic heterocycles. The minimum atomic E-state index is -0.240. The third-order valence-corrected chi connectivity index (χ3v) is 4.73. The van der Waals surface area contributed by atoms with Crippen molar-refractivity contribution in [1.29, 1.82) is 0 Å². The summed E-state index contributed by atoms with van der Waals surface area (Å²) >= 11 is 0. The van der Waals surface area contributed by atoms with Crippen molar-refractivity contribution in [2.45, 2.75) is 0 Å². The number of pyridine rings is 1. The molecule has 0 bridgehead atoms. The summed E-state index contributed by atoms with van der Waals surface area (Å²) < 4.78 is 0. The Morgan fingerprint density at radius 3 is 1.81 bits per heavy atom. The molecule has 2 aliphatic rings. The summed E-state index contributed by atoms with van der Waals surface area (Å²) in [6.07, 6.45) is 3.03. The summed E-state index contributed by atoms with van der Waals surface area (Å²) in [6, 6.07) is 3.11. The Morgan fingerprint density at radius 2 is 1.31 bits per heavy atom. The lowest BCUT2D eigenvalue weighted by molar-refractivity contribution is -0.120. The van der Waals surface area contributed by atoms with Crippen LogP contribution in [0.25, 0.3) is 0 Å². The SMILES string of the molecule is O=CN1CCN(C(=O)c2ccnc(C(=O)N3CCN(C=O)CC3)c2)CC1. The van der Waals surface area contributed by atoms with Gasteiger partial charge in [0.15, 0.2) is 0 Å². The van der Waals surface area contributed by atoms with Gasteiger partial charge in [0.2, 0.25) is 12.8 Å². The van der Waals surface area contributed by atoms with E-state index in [4.69, 9.17) is 0 Å². The lowest BCUT2D eigenvalue weighted by Crippen LogP contribution is -2.48. The van der Waals surface area contributed by atoms with Crippen molar-refractivity contribution in [3.8, 4) is 0 Å². The number of rotatable bonds is 4. The zero-order valence-corrected chi connectivity index (χ0v) is 14.4. The van der Waals surface area contributed by atoms with Crippen LogP contribution in [0.4, 0.5) is 0 Å². The van der Waals surface area contributed by atoms with Crippen LogP contribution in [0.15, 0.2) is 18.3 Å². The minimum absolute atomic E-state index is 0.169. The van der Waals surface area contributed by atoms with E-state index in [-0.39, 0.29) is 17.5 Å². The van der Waals surface area contributed by atoms with Crippen LogP contribution in [-0.4, -0.2) is 102 Å². The number of amides is 4. The van der Waals surface area contributed by atoms with Crippen molar-refractivity contribution in [3.63, 3.8) is 0 Å². The third kappa shape index (κ3) is 3.81. The van der Waals surface area contributed by atoms with E-state index in [2.05, 4.69) is 4.98 Å². The average molecular weight is 359 g/mol. The third-order valence-electron chi connectivity index (χ3n) is 4.73. The maximum absolute atomic E-state index is 12.6. The number of nitrogens with zero attached hydrogens (tertiary/aromatic N) is 5. The maximum Gasteiger partial charge on any atom is 0.272 e. The molecule has 2 saturated heterocycles. The molecule has 0 radical (unpaired) electrons. The molecule has 0 atom stereocenters. The Kier molecular flexibility index (Phi) is 5.45. The van der Waals surface area contributed by atoms with E-state index >= 15 is 0 Å². The molecule has 3 rings (SSSR count). The first-order chi connectivity index (χ1) is 12.6. The van der Waals surface area contributed by atoms with E-state index in [1.807, 2.05) is 0 Å². The molecule has 0 saturated carbocycles. The fourth-order valence-electron chi connectivity index (χ4n) is 3.09. The van der Waals surface area contributed by atoms with Crippen molar-refractivity contribution < 1.29 is 19.2 Å². The smallest absolute Gasteiger partial charge is 0.272 e. The zero-order valence-electron chi connectivity index (χ0n) is 14.4. The van der Waals surface area contributed by atoms with Gasteiger partial charge in [-0.3, -0.25) is 24.2 Å². The van der Waals surface area contributed by atoms with Crippen molar-refractivity contribution >= 4 is 24.6 Å². The summed E-state index contributed by atoms with van der Waals surface area (Å²) in [4.78, 5) is 57.5. The monoisotopic (exact) mass is 359 g/mol. The number of carbonyl (C=O) groups is 4. The van der Waals surface area contributed by atoms with E-state index in [1.165, 1.54) is 12.3 Å². The standard InChI is InChI=1S/C17H21N5O4/c23-12-19-3-7-21(8-4-19)16(25)14-1-2-18-15(11-14)17(26)22-9-5-20(13-24)6-10-22/h1-2,11-13H,3-10H2. The predicted molar refractivity (Wildman–Crippen MR) is 91.3 cm³/mol. The van der Waals surface area contributed by atoms with Crippen molar-refractivity contribution in [1.82, 2.24) is 24.6 Å². The predicted octanol–water partition coefficient (Wildman–Crippen LogP) is -1.09. The van der Waals surface area contributed by atoms with E-state index in [9.17, 15) is 19.2 Å². The molecule has 0 spiro atoms. The highest BCUT2D eigenvalue weighted by molar-refractivity contribution is 5.98. The van der Waals surface area contributed by atoms with Gasteiger partial charge in [-0.15, -0.1) is 0 Å². The summed E-state index contributed by atoms with van der Waals surface area (Å²) in [7, 11) is 0. The van der Waals surface area contributed by atoms with Gasteiger partial charge >= 0.3 is 0 Å². The Bertz CT molecular complexity index is 639. The fraction of sp³-hybridized carbons (Fsp3) is 0.471. The highest BCUT2D eigenvalue weighted by Crippen LogP contribution is 2.12. The summed E-state index contributed by atoms with van der Waals surface area (Å²) in [6.45, 7) is 3.84. The van der Waals surface area contributed by atoms with Crippen LogP contribution in [0.5, 0.6) is 0 Å². The number of hydrogen-bond donors (Lipinski definition) is 0. The largest absolute Gasteiger partial charge is 0.342 e. The second kappa shape index (κ2) is 7.94. The van der Waals surface area contributed by atoms with E-state index in [0.29, 0.717) is 57.9 Å². The molecule has 9 heteroatoms. The molecule has 3 heterocycles. The maximum atomic E-state index is 12.6. The molecular weight excluding hydrogens is 338 g/mol. The van der Waals surface area contributed by atoms with Crippen molar-refractivity contribution in [2.75, 3.05) is 52.4 Å². The molecule has 0 unspecified atom stereocenters. The van der Waals surface area contributed by atoms with Crippen molar-refractivity contribution in [2.24, 2.45) is 0 Å². The highest BCUT2D eigenvalue weighted by Gasteiger charge is 2.25. The molecule has 4 amide bonds. The van der Waals surface area contributed by atoms with Crippen LogP contribution in [0, 0.1) is 0 Å². The van der Waals surface area contributed by atoms with Gasteiger partial charge in [-0.2, -0.15) is 0 Å². The van der Waals surface area contributed by atoms with Gasteiger partial charge in [0, 0.05) is 64.1 Å². The lowest BCUT2D eigenvalue weighted by atomic mass is 10.1. The van der Waals surface area contributed by atoms with Crippen molar-refractivity contribution in [3.05, 3.63) is 29.6 Å². The molecule has 138 valence electrons. The second-order valence-corrected chi connectivity index (χ2v) is 6.30. The molecule has 9 nitrogen and oxygen atoms in total. The van der Waals surface area contributed by atoms with Gasteiger partial charge in [0.05, 0.1) is 0 Å². The number of piperazine rings is 2. The van der Waals surface area contributed by atoms with Gasteiger partial charge in [-0.25, -0.2) is 0 Å². The Balaban J connectivity index is 1.66. The Morgan fingerprint density at radius 1 is 0.808 bits per heavy atom. The first-order valence-corrected chi connectivity index (χ1v) is 8.55. The van der Waals surface area contributed by atoms with Gasteiger partial charge in [-0.1, -0.05) is 0 Å². The lowest BCUT2D eigenvalue weighted by Gasteiger charge is -2.33. The van der Waals surface area contributed by atoms with Crippen LogP contribution in [0.3, 0.4) is 0 Å². The van der Waals surface area contributed by atoms with Gasteiger partial charge in [-0.05, 0) is 12.1 Å². The Labute approximate surface area is 151 Å². The fourth-order valence-corrected chi connectivity index (χ4v) is 3.09. The number of aromatic nitrogens is 1. The van der Waals surface area contributed by atoms with Gasteiger partial charge in [0.1, 0.15) is 5.69 Å².